The van der Waals surface area contributed by atoms with Crippen LogP contribution in [0.3, 0.4) is 0 Å². The van der Waals surface area contributed by atoms with Crippen molar-refractivity contribution in [3.8, 4) is 0 Å². The number of rotatable bonds is 3. The van der Waals surface area contributed by atoms with Gasteiger partial charge in [0.2, 0.25) is 0 Å². The Morgan fingerprint density at radius 1 is 1.60 bits per heavy atom. The Bertz CT molecular complexity index is 284. The fraction of sp³-hybridized carbons (Fsp3) is 0.375. The molecule has 2 N–H and O–H groups in total. The second-order valence-corrected chi connectivity index (χ2v) is 2.55. The van der Waals surface area contributed by atoms with Crippen LogP contribution in [0.2, 0.25) is 0 Å². The topological polar surface area (TPSA) is 78.1 Å². The Kier molecular flexibility index (Phi) is 9.25. The molecular formula is C8H13Cl2N3O2. The number of carbonyl (C=O) groups is 1. The summed E-state index contributed by atoms with van der Waals surface area (Å²) in [6, 6.07) is 2.84. The van der Waals surface area contributed by atoms with E-state index in [4.69, 9.17) is 5.73 Å². The molecule has 0 saturated heterocycles. The number of halogens is 2. The predicted molar refractivity (Wildman–Crippen MR) is 60.2 cm³/mol. The number of ether oxygens (including phenoxy) is 1. The predicted octanol–water partition coefficient (Wildman–Crippen LogP) is 0.363. The van der Waals surface area contributed by atoms with Gasteiger partial charge in [0.1, 0.15) is 6.04 Å². The second-order valence-electron chi connectivity index (χ2n) is 2.55. The highest BCUT2D eigenvalue weighted by Gasteiger charge is 2.14. The average Bonchev–Trinajstić information content (AvgIpc) is 2.18. The number of aromatic nitrogens is 2. The molecule has 0 spiro atoms. The maximum absolute atomic E-state index is 10.9. The van der Waals surface area contributed by atoms with Gasteiger partial charge in [-0.25, -0.2) is 0 Å². The fourth-order valence-corrected chi connectivity index (χ4v) is 0.902. The van der Waals surface area contributed by atoms with Gasteiger partial charge in [0.15, 0.2) is 0 Å². The molecular weight excluding hydrogens is 241 g/mol. The van der Waals surface area contributed by atoms with Crippen LogP contribution in [-0.2, 0) is 16.0 Å². The third-order valence-corrected chi connectivity index (χ3v) is 1.56. The standard InChI is InChI=1S/C8H11N3O2.2ClH/c1-13-8(12)7(9)5-6-3-2-4-10-11-6;;/h2-4,7H,5,9H2,1H3;2*1H/t7-;;/m0../s1. The lowest BCUT2D eigenvalue weighted by atomic mass is 10.1. The summed E-state index contributed by atoms with van der Waals surface area (Å²) >= 11 is 0. The van der Waals surface area contributed by atoms with Gasteiger partial charge in [-0.15, -0.1) is 24.8 Å². The van der Waals surface area contributed by atoms with E-state index in [1.54, 1.807) is 18.3 Å². The van der Waals surface area contributed by atoms with Gasteiger partial charge in [0.25, 0.3) is 0 Å². The lowest BCUT2D eigenvalue weighted by molar-refractivity contribution is -0.142. The van der Waals surface area contributed by atoms with Crippen molar-refractivity contribution in [1.82, 2.24) is 10.2 Å². The third-order valence-electron chi connectivity index (χ3n) is 1.56. The molecule has 0 aromatic carbocycles. The van der Waals surface area contributed by atoms with Gasteiger partial charge in [0.05, 0.1) is 12.8 Å². The zero-order valence-electron chi connectivity index (χ0n) is 8.12. The number of hydrogen-bond donors (Lipinski definition) is 1. The van der Waals surface area contributed by atoms with Crippen molar-refractivity contribution in [2.45, 2.75) is 12.5 Å². The molecule has 0 aliphatic rings. The lowest BCUT2D eigenvalue weighted by Gasteiger charge is -2.06. The van der Waals surface area contributed by atoms with Crippen molar-refractivity contribution in [3.05, 3.63) is 24.0 Å². The first-order valence-corrected chi connectivity index (χ1v) is 3.84. The van der Waals surface area contributed by atoms with Crippen LogP contribution in [0.4, 0.5) is 0 Å². The molecule has 0 bridgehead atoms. The van der Waals surface area contributed by atoms with Crippen molar-refractivity contribution in [2.75, 3.05) is 7.11 Å². The molecule has 0 fully saturated rings. The molecule has 1 heterocycles. The molecule has 1 rings (SSSR count). The van der Waals surface area contributed by atoms with Gasteiger partial charge < -0.3 is 10.5 Å². The minimum Gasteiger partial charge on any atom is -0.468 e. The monoisotopic (exact) mass is 253 g/mol. The Hall–Kier alpha value is -0.910. The molecule has 7 heteroatoms. The first kappa shape index (κ1) is 16.5. The maximum Gasteiger partial charge on any atom is 0.323 e. The van der Waals surface area contributed by atoms with Crippen LogP contribution in [0.15, 0.2) is 18.3 Å². The summed E-state index contributed by atoms with van der Waals surface area (Å²) in [5.74, 6) is -0.439. The van der Waals surface area contributed by atoms with Crippen LogP contribution < -0.4 is 5.73 Å². The molecule has 0 aliphatic heterocycles. The van der Waals surface area contributed by atoms with Gasteiger partial charge >= 0.3 is 5.97 Å². The van der Waals surface area contributed by atoms with E-state index < -0.39 is 12.0 Å². The van der Waals surface area contributed by atoms with Crippen LogP contribution in [0.5, 0.6) is 0 Å². The highest BCUT2D eigenvalue weighted by molar-refractivity contribution is 5.85. The van der Waals surface area contributed by atoms with Crippen LogP contribution in [0.1, 0.15) is 5.69 Å². The summed E-state index contributed by atoms with van der Waals surface area (Å²) in [6.45, 7) is 0. The van der Waals surface area contributed by atoms with E-state index in [1.807, 2.05) is 0 Å². The number of hydrogen-bond acceptors (Lipinski definition) is 5. The molecule has 5 nitrogen and oxygen atoms in total. The van der Waals surface area contributed by atoms with E-state index >= 15 is 0 Å². The quantitative estimate of drug-likeness (QED) is 0.788. The van der Waals surface area contributed by atoms with E-state index in [0.29, 0.717) is 12.1 Å². The van der Waals surface area contributed by atoms with E-state index in [0.717, 1.165) is 0 Å². The van der Waals surface area contributed by atoms with Crippen LogP contribution in [0, 0.1) is 0 Å². The van der Waals surface area contributed by atoms with E-state index in [2.05, 4.69) is 14.9 Å². The summed E-state index contributed by atoms with van der Waals surface area (Å²) in [5, 5.41) is 7.46. The summed E-state index contributed by atoms with van der Waals surface area (Å²) < 4.78 is 4.47. The third kappa shape index (κ3) is 5.51. The first-order valence-electron chi connectivity index (χ1n) is 3.84. The van der Waals surface area contributed by atoms with E-state index in [1.165, 1.54) is 7.11 Å². The van der Waals surface area contributed by atoms with Gasteiger partial charge in [-0.05, 0) is 12.1 Å². The van der Waals surface area contributed by atoms with Gasteiger partial charge in [0, 0.05) is 12.6 Å². The molecule has 0 radical (unpaired) electrons. The van der Waals surface area contributed by atoms with Crippen molar-refractivity contribution >= 4 is 30.8 Å². The zero-order chi connectivity index (χ0) is 9.68. The summed E-state index contributed by atoms with van der Waals surface area (Å²) in [5.41, 5.74) is 6.20. The second kappa shape index (κ2) is 8.40. The maximum atomic E-state index is 10.9. The van der Waals surface area contributed by atoms with Crippen molar-refractivity contribution < 1.29 is 9.53 Å². The largest absolute Gasteiger partial charge is 0.468 e. The number of esters is 1. The van der Waals surface area contributed by atoms with Crippen LogP contribution >= 0.6 is 24.8 Å². The van der Waals surface area contributed by atoms with Crippen molar-refractivity contribution in [2.24, 2.45) is 5.73 Å². The number of nitrogens with zero attached hydrogens (tertiary/aromatic N) is 2. The Morgan fingerprint density at radius 3 is 2.73 bits per heavy atom. The average molecular weight is 254 g/mol. The molecule has 0 saturated carbocycles. The van der Waals surface area contributed by atoms with E-state index in [-0.39, 0.29) is 24.8 Å². The molecule has 86 valence electrons. The van der Waals surface area contributed by atoms with Gasteiger partial charge in [-0.1, -0.05) is 0 Å². The lowest BCUT2D eigenvalue weighted by Crippen LogP contribution is -2.33. The number of nitrogens with two attached hydrogens (primary N) is 1. The van der Waals surface area contributed by atoms with Crippen molar-refractivity contribution in [1.29, 1.82) is 0 Å². The summed E-state index contributed by atoms with van der Waals surface area (Å²) in [7, 11) is 1.30. The molecule has 1 atom stereocenters. The molecule has 0 amide bonds. The highest BCUT2D eigenvalue weighted by Crippen LogP contribution is 1.97. The summed E-state index contributed by atoms with van der Waals surface area (Å²) in [4.78, 5) is 10.9. The normalized spacial score (nSPS) is 10.5. The molecule has 0 unspecified atom stereocenters. The van der Waals surface area contributed by atoms with Crippen LogP contribution in [-0.4, -0.2) is 29.3 Å². The minimum atomic E-state index is -0.665. The van der Waals surface area contributed by atoms with Gasteiger partial charge in [-0.3, -0.25) is 4.79 Å². The Balaban J connectivity index is 0. The molecule has 0 aliphatic carbocycles. The smallest absolute Gasteiger partial charge is 0.323 e. The molecule has 1 aromatic heterocycles. The van der Waals surface area contributed by atoms with E-state index in [9.17, 15) is 4.79 Å². The fourth-order valence-electron chi connectivity index (χ4n) is 0.902. The SMILES string of the molecule is COC(=O)[C@@H](N)Cc1cccnn1.Cl.Cl. The first-order chi connectivity index (χ1) is 6.24. The molecule has 15 heavy (non-hydrogen) atoms. The number of methoxy groups -OCH3 is 1. The highest BCUT2D eigenvalue weighted by atomic mass is 35.5. The zero-order valence-corrected chi connectivity index (χ0v) is 9.75. The number of carbonyl (C=O) groups excluding carboxylic acids is 1. The molecule has 1 aromatic rings. The minimum absolute atomic E-state index is 0. The van der Waals surface area contributed by atoms with Crippen molar-refractivity contribution in [3.63, 3.8) is 0 Å². The Morgan fingerprint density at radius 2 is 2.27 bits per heavy atom. The van der Waals surface area contributed by atoms with Crippen LogP contribution in [0.25, 0.3) is 0 Å². The summed E-state index contributed by atoms with van der Waals surface area (Å²) in [6.07, 6.45) is 1.91. The van der Waals surface area contributed by atoms with Gasteiger partial charge in [-0.2, -0.15) is 10.2 Å². The Labute approximate surface area is 100 Å².